The number of allylic oxidation sites excluding steroid dienone is 1. The third kappa shape index (κ3) is 3.32. The molecule has 0 amide bonds. The van der Waals surface area contributed by atoms with Crippen LogP contribution in [0.2, 0.25) is 5.02 Å². The average Bonchev–Trinajstić information content (AvgIpc) is 2.58. The van der Waals surface area contributed by atoms with Crippen molar-refractivity contribution in [3.63, 3.8) is 0 Å². The highest BCUT2D eigenvalue weighted by molar-refractivity contribution is 6.33. The minimum Gasteiger partial charge on any atom is -0.506 e. The monoisotopic (exact) mass is 378 g/mol. The van der Waals surface area contributed by atoms with Gasteiger partial charge in [0, 0.05) is 23.0 Å². The Morgan fingerprint density at radius 3 is 2.77 bits per heavy atom. The van der Waals surface area contributed by atoms with Gasteiger partial charge in [0.15, 0.2) is 0 Å². The third-order valence-corrected chi connectivity index (χ3v) is 6.20. The number of ether oxygens (including phenoxy) is 1. The second-order valence-corrected chi connectivity index (χ2v) is 8.32. The molecule has 1 aromatic carbocycles. The van der Waals surface area contributed by atoms with Gasteiger partial charge in [-0.25, -0.2) is 4.79 Å². The lowest BCUT2D eigenvalue weighted by atomic mass is 9.67. The Balaban J connectivity index is 2.08. The molecule has 0 saturated heterocycles. The van der Waals surface area contributed by atoms with Crippen molar-refractivity contribution in [3.8, 4) is 11.5 Å². The second-order valence-electron chi connectivity index (χ2n) is 7.94. The number of rotatable bonds is 5. The van der Waals surface area contributed by atoms with Crippen molar-refractivity contribution in [1.82, 2.24) is 0 Å². The van der Waals surface area contributed by atoms with Crippen LogP contribution in [0.25, 0.3) is 0 Å². The zero-order valence-electron chi connectivity index (χ0n) is 15.6. The molecule has 2 atom stereocenters. The molecule has 0 bridgehead atoms. The first kappa shape index (κ1) is 19.1. The van der Waals surface area contributed by atoms with E-state index in [2.05, 4.69) is 6.92 Å². The van der Waals surface area contributed by atoms with E-state index < -0.39 is 11.6 Å². The summed E-state index contributed by atoms with van der Waals surface area (Å²) < 4.78 is 6.27. The molecule has 0 fully saturated rings. The van der Waals surface area contributed by atoms with Gasteiger partial charge in [-0.05, 0) is 51.2 Å². The second kappa shape index (κ2) is 7.15. The molecular weight excluding hydrogens is 352 g/mol. The molecule has 1 heterocycles. The average molecular weight is 379 g/mol. The fraction of sp³-hybridized carbons (Fsp3) is 0.571. The Hall–Kier alpha value is -1.68. The molecular formula is C21H27ClO4. The van der Waals surface area contributed by atoms with E-state index in [4.69, 9.17) is 16.3 Å². The first-order valence-corrected chi connectivity index (χ1v) is 9.81. The van der Waals surface area contributed by atoms with Crippen molar-refractivity contribution in [2.24, 2.45) is 5.92 Å². The SMILES string of the molecule is CCCCCc1cc2c(c(O)c1Cl)C1C=C(C(=O)O)CCC1C(C)(C)O2. The number of carbonyl (C=O) groups is 1. The van der Waals surface area contributed by atoms with Gasteiger partial charge in [-0.2, -0.15) is 0 Å². The van der Waals surface area contributed by atoms with E-state index in [1.54, 1.807) is 6.08 Å². The number of carboxylic acids is 1. The topological polar surface area (TPSA) is 66.8 Å². The van der Waals surface area contributed by atoms with E-state index in [1.807, 2.05) is 19.9 Å². The molecule has 1 aromatic rings. The van der Waals surface area contributed by atoms with Crippen molar-refractivity contribution in [2.75, 3.05) is 0 Å². The number of aromatic hydroxyl groups is 1. The summed E-state index contributed by atoms with van der Waals surface area (Å²) in [5.41, 5.74) is 1.50. The zero-order valence-corrected chi connectivity index (χ0v) is 16.4. The summed E-state index contributed by atoms with van der Waals surface area (Å²) >= 11 is 6.47. The van der Waals surface area contributed by atoms with Crippen LogP contribution < -0.4 is 4.74 Å². The third-order valence-electron chi connectivity index (χ3n) is 5.78. The maximum Gasteiger partial charge on any atom is 0.331 e. The predicted molar refractivity (Wildman–Crippen MR) is 102 cm³/mol. The smallest absolute Gasteiger partial charge is 0.331 e. The van der Waals surface area contributed by atoms with Crippen LogP contribution in [0.1, 0.15) is 69.9 Å². The number of aryl methyl sites for hydroxylation is 1. The lowest BCUT2D eigenvalue weighted by molar-refractivity contribution is -0.133. The Kier molecular flexibility index (Phi) is 5.25. The van der Waals surface area contributed by atoms with Crippen LogP contribution in [0.5, 0.6) is 11.5 Å². The van der Waals surface area contributed by atoms with Crippen molar-refractivity contribution >= 4 is 17.6 Å². The molecule has 2 N–H and O–H groups in total. The highest BCUT2D eigenvalue weighted by Crippen LogP contribution is 2.55. The lowest BCUT2D eigenvalue weighted by Gasteiger charge is -2.46. The summed E-state index contributed by atoms with van der Waals surface area (Å²) in [7, 11) is 0. The molecule has 1 aliphatic carbocycles. The van der Waals surface area contributed by atoms with E-state index in [0.29, 0.717) is 34.8 Å². The number of aliphatic carboxylic acids is 1. The molecule has 0 aromatic heterocycles. The van der Waals surface area contributed by atoms with Gasteiger partial charge in [0.05, 0.1) is 5.02 Å². The molecule has 2 unspecified atom stereocenters. The fourth-order valence-corrected chi connectivity index (χ4v) is 4.60. The van der Waals surface area contributed by atoms with E-state index in [0.717, 1.165) is 31.2 Å². The molecule has 0 radical (unpaired) electrons. The predicted octanol–water partition coefficient (Wildman–Crippen LogP) is 5.45. The van der Waals surface area contributed by atoms with Crippen LogP contribution in [0.3, 0.4) is 0 Å². The summed E-state index contributed by atoms with van der Waals surface area (Å²) in [6.07, 6.45) is 7.04. The number of benzene rings is 1. The Bertz CT molecular complexity index is 751. The summed E-state index contributed by atoms with van der Waals surface area (Å²) in [6, 6.07) is 1.94. The van der Waals surface area contributed by atoms with Gasteiger partial charge < -0.3 is 14.9 Å². The van der Waals surface area contributed by atoms with Gasteiger partial charge >= 0.3 is 5.97 Å². The first-order valence-electron chi connectivity index (χ1n) is 9.43. The highest BCUT2D eigenvalue weighted by atomic mass is 35.5. The molecule has 5 heteroatoms. The maximum absolute atomic E-state index is 11.5. The molecule has 142 valence electrons. The van der Waals surface area contributed by atoms with Crippen LogP contribution in [0.4, 0.5) is 0 Å². The molecule has 4 nitrogen and oxygen atoms in total. The van der Waals surface area contributed by atoms with Crippen molar-refractivity contribution in [1.29, 1.82) is 0 Å². The molecule has 1 aliphatic heterocycles. The molecule has 0 saturated carbocycles. The molecule has 0 spiro atoms. The van der Waals surface area contributed by atoms with E-state index in [9.17, 15) is 15.0 Å². The van der Waals surface area contributed by atoms with Gasteiger partial charge in [0.1, 0.15) is 17.1 Å². The summed E-state index contributed by atoms with van der Waals surface area (Å²) in [4.78, 5) is 11.5. The number of phenolic OH excluding ortho intramolecular Hbond substituents is 1. The Labute approximate surface area is 159 Å². The minimum atomic E-state index is -0.893. The quantitative estimate of drug-likeness (QED) is 0.668. The maximum atomic E-state index is 11.5. The lowest BCUT2D eigenvalue weighted by Crippen LogP contribution is -2.45. The summed E-state index contributed by atoms with van der Waals surface area (Å²) in [5, 5.41) is 20.6. The standard InChI is InChI=1S/C21H27ClO4/c1-4-5-6-7-12-11-16-17(19(23)18(12)22)14-10-13(20(24)25)8-9-15(14)21(2,3)26-16/h10-11,14-15,23H,4-9H2,1-3H3,(H,24,25). The number of hydrogen-bond donors (Lipinski definition) is 2. The van der Waals surface area contributed by atoms with Crippen LogP contribution in [-0.4, -0.2) is 21.8 Å². The largest absolute Gasteiger partial charge is 0.506 e. The van der Waals surface area contributed by atoms with Crippen molar-refractivity contribution in [2.45, 2.75) is 70.8 Å². The molecule has 26 heavy (non-hydrogen) atoms. The van der Waals surface area contributed by atoms with Crippen LogP contribution in [0.15, 0.2) is 17.7 Å². The highest BCUT2D eigenvalue weighted by Gasteiger charge is 2.46. The van der Waals surface area contributed by atoms with Gasteiger partial charge in [-0.15, -0.1) is 0 Å². The van der Waals surface area contributed by atoms with Crippen LogP contribution in [0, 0.1) is 5.92 Å². The normalized spacial score (nSPS) is 23.5. The zero-order chi connectivity index (χ0) is 19.1. The number of unbranched alkanes of at least 4 members (excludes halogenated alkanes) is 2. The van der Waals surface area contributed by atoms with Crippen LogP contribution >= 0.6 is 11.6 Å². The number of halogens is 1. The Morgan fingerprint density at radius 2 is 2.12 bits per heavy atom. The van der Waals surface area contributed by atoms with Gasteiger partial charge in [0.2, 0.25) is 0 Å². The number of hydrogen-bond acceptors (Lipinski definition) is 3. The van der Waals surface area contributed by atoms with Gasteiger partial charge in [-0.3, -0.25) is 0 Å². The fourth-order valence-electron chi connectivity index (χ4n) is 4.35. The van der Waals surface area contributed by atoms with Crippen LogP contribution in [-0.2, 0) is 11.2 Å². The number of fused-ring (bicyclic) bond motifs is 3. The van der Waals surface area contributed by atoms with E-state index in [1.165, 1.54) is 0 Å². The minimum absolute atomic E-state index is 0.0454. The number of carboxylic acid groups (broad SMARTS) is 1. The van der Waals surface area contributed by atoms with Gasteiger partial charge in [-0.1, -0.05) is 37.4 Å². The number of phenols is 1. The van der Waals surface area contributed by atoms with E-state index in [-0.39, 0.29) is 17.6 Å². The van der Waals surface area contributed by atoms with E-state index >= 15 is 0 Å². The molecule has 2 aliphatic rings. The first-order chi connectivity index (χ1) is 12.3. The van der Waals surface area contributed by atoms with Crippen molar-refractivity contribution < 1.29 is 19.7 Å². The van der Waals surface area contributed by atoms with Gasteiger partial charge in [0.25, 0.3) is 0 Å². The summed E-state index contributed by atoms with van der Waals surface area (Å²) in [5.74, 6) is -0.311. The molecule has 3 rings (SSSR count). The Morgan fingerprint density at radius 1 is 1.38 bits per heavy atom. The summed E-state index contributed by atoms with van der Waals surface area (Å²) in [6.45, 7) is 6.22. The van der Waals surface area contributed by atoms with Crippen molar-refractivity contribution in [3.05, 3.63) is 33.9 Å².